The van der Waals surface area contributed by atoms with Crippen LogP contribution in [0, 0.1) is 0 Å². The third-order valence-electron chi connectivity index (χ3n) is 3.64. The highest BCUT2D eigenvalue weighted by Crippen LogP contribution is 2.38. The number of hydrogen-bond acceptors (Lipinski definition) is 3. The van der Waals surface area contributed by atoms with Crippen LogP contribution in [-0.4, -0.2) is 17.1 Å². The van der Waals surface area contributed by atoms with Gasteiger partial charge in [0.2, 0.25) is 0 Å². The lowest BCUT2D eigenvalue weighted by molar-refractivity contribution is 0.0697. The Labute approximate surface area is 132 Å². The average Bonchev–Trinajstić information content (AvgIpc) is 2.85. The van der Waals surface area contributed by atoms with E-state index in [-0.39, 0.29) is 5.56 Å². The van der Waals surface area contributed by atoms with E-state index in [4.69, 9.17) is 0 Å². The molecule has 1 heterocycles. The minimum atomic E-state index is -0.977. The number of hydrogen-bond donors (Lipinski definition) is 3. The summed E-state index contributed by atoms with van der Waals surface area (Å²) in [4.78, 5) is 24.7. The van der Waals surface area contributed by atoms with Gasteiger partial charge in [-0.25, -0.2) is 9.59 Å². The topological polar surface area (TPSA) is 78.4 Å². The van der Waals surface area contributed by atoms with E-state index in [0.29, 0.717) is 10.7 Å². The molecule has 2 aromatic rings. The van der Waals surface area contributed by atoms with Crippen LogP contribution in [0.3, 0.4) is 0 Å². The average molecular weight is 316 g/mol. The number of benzene rings is 1. The molecular weight excluding hydrogens is 300 g/mol. The van der Waals surface area contributed by atoms with E-state index in [1.54, 1.807) is 12.1 Å². The molecule has 114 valence electrons. The molecule has 0 fully saturated rings. The number of para-hydroxylation sites is 1. The fraction of sp³-hybridized carbons (Fsp3) is 0.250. The minimum absolute atomic E-state index is 0.253. The molecule has 5 nitrogen and oxygen atoms in total. The quantitative estimate of drug-likeness (QED) is 0.801. The number of carbonyl (C=O) groups is 2. The number of nitrogens with one attached hydrogen (secondary N) is 2. The van der Waals surface area contributed by atoms with Gasteiger partial charge in [0.25, 0.3) is 0 Å². The lowest BCUT2D eigenvalue weighted by Crippen LogP contribution is -2.20. The second-order valence-electron chi connectivity index (χ2n) is 5.17. The van der Waals surface area contributed by atoms with Crippen molar-refractivity contribution < 1.29 is 14.7 Å². The zero-order chi connectivity index (χ0) is 15.5. The van der Waals surface area contributed by atoms with Crippen LogP contribution in [0.4, 0.5) is 15.5 Å². The maximum Gasteiger partial charge on any atom is 0.339 e. The molecule has 0 atom stereocenters. The summed E-state index contributed by atoms with van der Waals surface area (Å²) in [5, 5.41) is 15.3. The molecule has 3 rings (SSSR count). The first-order chi connectivity index (χ1) is 10.6. The van der Waals surface area contributed by atoms with Gasteiger partial charge in [0, 0.05) is 10.6 Å². The second kappa shape index (κ2) is 6.19. The van der Waals surface area contributed by atoms with Gasteiger partial charge in [0.1, 0.15) is 5.00 Å². The molecular formula is C16H16N2O3S. The van der Waals surface area contributed by atoms with Crippen molar-refractivity contribution in [2.45, 2.75) is 25.7 Å². The summed E-state index contributed by atoms with van der Waals surface area (Å²) in [6.45, 7) is 0. The monoisotopic (exact) mass is 316 g/mol. The summed E-state index contributed by atoms with van der Waals surface area (Å²) in [5.41, 5.74) is 1.81. The number of aryl methyl sites for hydroxylation is 1. The Morgan fingerprint density at radius 2 is 1.77 bits per heavy atom. The van der Waals surface area contributed by atoms with Crippen LogP contribution in [0.25, 0.3) is 0 Å². The zero-order valence-electron chi connectivity index (χ0n) is 11.9. The van der Waals surface area contributed by atoms with Gasteiger partial charge in [-0.3, -0.25) is 5.32 Å². The van der Waals surface area contributed by atoms with E-state index >= 15 is 0 Å². The lowest BCUT2D eigenvalue weighted by Gasteiger charge is -2.10. The summed E-state index contributed by atoms with van der Waals surface area (Å²) in [6.07, 6.45) is 3.74. The van der Waals surface area contributed by atoms with Gasteiger partial charge in [-0.1, -0.05) is 18.2 Å². The largest absolute Gasteiger partial charge is 0.478 e. The minimum Gasteiger partial charge on any atom is -0.478 e. The van der Waals surface area contributed by atoms with Crippen LogP contribution in [0.1, 0.15) is 33.6 Å². The summed E-state index contributed by atoms with van der Waals surface area (Å²) < 4.78 is 0. The molecule has 0 saturated heterocycles. The zero-order valence-corrected chi connectivity index (χ0v) is 12.7. The number of fused-ring (bicyclic) bond motifs is 1. The number of carboxylic acid groups (broad SMARTS) is 1. The van der Waals surface area contributed by atoms with Crippen LogP contribution >= 0.6 is 11.3 Å². The predicted molar refractivity (Wildman–Crippen MR) is 87.0 cm³/mol. The van der Waals surface area contributed by atoms with Crippen LogP contribution in [0.2, 0.25) is 0 Å². The van der Waals surface area contributed by atoms with E-state index in [0.717, 1.165) is 36.1 Å². The van der Waals surface area contributed by atoms with Crippen molar-refractivity contribution in [2.24, 2.45) is 0 Å². The van der Waals surface area contributed by atoms with Crippen LogP contribution < -0.4 is 10.6 Å². The number of carboxylic acids is 1. The number of aromatic carboxylic acids is 1. The standard InChI is InChI=1S/C16H16N2O3S/c19-15(20)13-11-8-4-5-9-12(11)22-14(13)18-16(21)17-10-6-2-1-3-7-10/h1-3,6-7H,4-5,8-9H2,(H,19,20)(H2,17,18,21). The number of thiophene rings is 1. The van der Waals surface area contributed by atoms with E-state index in [9.17, 15) is 14.7 Å². The van der Waals surface area contributed by atoms with Gasteiger partial charge in [0.05, 0.1) is 5.56 Å². The first-order valence-corrected chi connectivity index (χ1v) is 7.97. The lowest BCUT2D eigenvalue weighted by atomic mass is 9.95. The Balaban J connectivity index is 1.81. The SMILES string of the molecule is O=C(Nc1ccccc1)Nc1sc2c(c1C(=O)O)CCCC2. The highest BCUT2D eigenvalue weighted by molar-refractivity contribution is 7.17. The highest BCUT2D eigenvalue weighted by Gasteiger charge is 2.25. The summed E-state index contributed by atoms with van der Waals surface area (Å²) in [5.74, 6) is -0.977. The summed E-state index contributed by atoms with van der Waals surface area (Å²) in [7, 11) is 0. The molecule has 1 aromatic heterocycles. The Hall–Kier alpha value is -2.34. The van der Waals surface area contributed by atoms with Gasteiger partial charge in [-0.05, 0) is 43.4 Å². The second-order valence-corrected chi connectivity index (χ2v) is 6.27. The van der Waals surface area contributed by atoms with Crippen molar-refractivity contribution >= 4 is 34.0 Å². The van der Waals surface area contributed by atoms with E-state index in [2.05, 4.69) is 10.6 Å². The first-order valence-electron chi connectivity index (χ1n) is 7.16. The molecule has 0 aliphatic heterocycles. The Morgan fingerprint density at radius 3 is 2.50 bits per heavy atom. The Bertz CT molecular complexity index is 710. The van der Waals surface area contributed by atoms with Crippen LogP contribution in [0.15, 0.2) is 30.3 Å². The summed E-state index contributed by atoms with van der Waals surface area (Å²) >= 11 is 1.38. The van der Waals surface area contributed by atoms with Gasteiger partial charge in [-0.15, -0.1) is 11.3 Å². The Kier molecular flexibility index (Phi) is 4.11. The maximum atomic E-state index is 12.1. The molecule has 22 heavy (non-hydrogen) atoms. The molecule has 1 aliphatic rings. The van der Waals surface area contributed by atoms with Crippen molar-refractivity contribution in [1.29, 1.82) is 0 Å². The smallest absolute Gasteiger partial charge is 0.339 e. The molecule has 0 radical (unpaired) electrons. The molecule has 0 spiro atoms. The number of rotatable bonds is 3. The maximum absolute atomic E-state index is 12.1. The highest BCUT2D eigenvalue weighted by atomic mass is 32.1. The van der Waals surface area contributed by atoms with Gasteiger partial charge in [0.15, 0.2) is 0 Å². The fourth-order valence-corrected chi connectivity index (χ4v) is 3.94. The molecule has 1 aromatic carbocycles. The number of anilines is 2. The molecule has 6 heteroatoms. The van der Waals surface area contributed by atoms with Crippen molar-refractivity contribution in [3.63, 3.8) is 0 Å². The van der Waals surface area contributed by atoms with E-state index in [1.807, 2.05) is 18.2 Å². The van der Waals surface area contributed by atoms with E-state index < -0.39 is 12.0 Å². The van der Waals surface area contributed by atoms with Crippen LogP contribution in [0.5, 0.6) is 0 Å². The van der Waals surface area contributed by atoms with E-state index in [1.165, 1.54) is 11.3 Å². The third-order valence-corrected chi connectivity index (χ3v) is 4.85. The van der Waals surface area contributed by atoms with Gasteiger partial charge in [-0.2, -0.15) is 0 Å². The van der Waals surface area contributed by atoms with Crippen molar-refractivity contribution in [2.75, 3.05) is 10.6 Å². The van der Waals surface area contributed by atoms with Gasteiger partial charge >= 0.3 is 12.0 Å². The number of urea groups is 1. The first kappa shape index (κ1) is 14.6. The number of amides is 2. The van der Waals surface area contributed by atoms with Crippen molar-refractivity contribution in [3.05, 3.63) is 46.3 Å². The van der Waals surface area contributed by atoms with Crippen molar-refractivity contribution in [1.82, 2.24) is 0 Å². The molecule has 1 aliphatic carbocycles. The molecule has 0 unspecified atom stereocenters. The molecule has 0 bridgehead atoms. The third kappa shape index (κ3) is 2.96. The molecule has 3 N–H and O–H groups in total. The fourth-order valence-electron chi connectivity index (χ4n) is 2.67. The van der Waals surface area contributed by atoms with Crippen LogP contribution in [-0.2, 0) is 12.8 Å². The summed E-state index contributed by atoms with van der Waals surface area (Å²) in [6, 6.07) is 8.63. The van der Waals surface area contributed by atoms with Gasteiger partial charge < -0.3 is 10.4 Å². The normalized spacial score (nSPS) is 13.3. The Morgan fingerprint density at radius 1 is 1.05 bits per heavy atom. The molecule has 2 amide bonds. The van der Waals surface area contributed by atoms with Crippen molar-refractivity contribution in [3.8, 4) is 0 Å². The number of carbonyl (C=O) groups excluding carboxylic acids is 1. The predicted octanol–water partition coefficient (Wildman–Crippen LogP) is 3.97. The molecule has 0 saturated carbocycles.